The van der Waals surface area contributed by atoms with Crippen LogP contribution in [0.1, 0.15) is 26.2 Å². The van der Waals surface area contributed by atoms with Crippen LogP contribution in [0.2, 0.25) is 0 Å². The fourth-order valence-electron chi connectivity index (χ4n) is 1.74. The molecule has 0 heterocycles. The van der Waals surface area contributed by atoms with Crippen molar-refractivity contribution < 1.29 is 4.74 Å². The van der Waals surface area contributed by atoms with Crippen molar-refractivity contribution in [2.75, 3.05) is 39.9 Å². The molecular formula is C12H26N4O. The van der Waals surface area contributed by atoms with Crippen LogP contribution in [0, 0.1) is 0 Å². The smallest absolute Gasteiger partial charge is 0.188 e. The number of hydrogen-bond donors (Lipinski definition) is 2. The second-order valence-electron chi connectivity index (χ2n) is 4.45. The summed E-state index contributed by atoms with van der Waals surface area (Å²) in [5, 5.41) is 3.15. The maximum atomic E-state index is 5.73. The van der Waals surface area contributed by atoms with E-state index >= 15 is 0 Å². The number of nitrogens with one attached hydrogen (secondary N) is 1. The Hall–Kier alpha value is -0.810. The zero-order chi connectivity index (χ0) is 12.5. The molecular weight excluding hydrogens is 216 g/mol. The van der Waals surface area contributed by atoms with Crippen molar-refractivity contribution in [3.05, 3.63) is 0 Å². The van der Waals surface area contributed by atoms with Gasteiger partial charge in [-0.25, -0.2) is 0 Å². The molecule has 0 aliphatic heterocycles. The number of aliphatic imine (C=N–C) groups is 1. The third-order valence-corrected chi connectivity index (χ3v) is 2.86. The highest BCUT2D eigenvalue weighted by Crippen LogP contribution is 2.25. The Morgan fingerprint density at radius 3 is 2.82 bits per heavy atom. The SMILES string of the molecule is CCCN=C(N)NCCN(CCOC)C1CC1. The lowest BCUT2D eigenvalue weighted by atomic mass is 10.4. The van der Waals surface area contributed by atoms with Crippen LogP contribution < -0.4 is 11.1 Å². The Morgan fingerprint density at radius 1 is 1.47 bits per heavy atom. The highest BCUT2D eigenvalue weighted by Gasteiger charge is 2.27. The topological polar surface area (TPSA) is 62.9 Å². The summed E-state index contributed by atoms with van der Waals surface area (Å²) in [5.41, 5.74) is 5.73. The monoisotopic (exact) mass is 242 g/mol. The van der Waals surface area contributed by atoms with E-state index < -0.39 is 0 Å². The minimum Gasteiger partial charge on any atom is -0.383 e. The van der Waals surface area contributed by atoms with Crippen LogP contribution in [0.4, 0.5) is 0 Å². The van der Waals surface area contributed by atoms with Gasteiger partial charge in [0, 0.05) is 39.3 Å². The van der Waals surface area contributed by atoms with Crippen molar-refractivity contribution in [1.29, 1.82) is 0 Å². The molecule has 0 aromatic heterocycles. The van der Waals surface area contributed by atoms with Gasteiger partial charge in [-0.15, -0.1) is 0 Å². The molecule has 5 heteroatoms. The first-order valence-corrected chi connectivity index (χ1v) is 6.54. The summed E-state index contributed by atoms with van der Waals surface area (Å²) >= 11 is 0. The Bertz CT molecular complexity index is 229. The van der Waals surface area contributed by atoms with Crippen LogP contribution in [0.25, 0.3) is 0 Å². The highest BCUT2D eigenvalue weighted by atomic mass is 16.5. The van der Waals surface area contributed by atoms with E-state index in [1.54, 1.807) is 7.11 Å². The van der Waals surface area contributed by atoms with Crippen molar-refractivity contribution in [1.82, 2.24) is 10.2 Å². The summed E-state index contributed by atoms with van der Waals surface area (Å²) in [6.07, 6.45) is 3.68. The first kappa shape index (κ1) is 14.3. The van der Waals surface area contributed by atoms with Crippen LogP contribution in [-0.4, -0.2) is 56.8 Å². The summed E-state index contributed by atoms with van der Waals surface area (Å²) in [7, 11) is 1.75. The Labute approximate surface area is 104 Å². The van der Waals surface area contributed by atoms with Gasteiger partial charge < -0.3 is 15.8 Å². The van der Waals surface area contributed by atoms with Crippen molar-refractivity contribution in [2.24, 2.45) is 10.7 Å². The molecule has 1 fully saturated rings. The van der Waals surface area contributed by atoms with Gasteiger partial charge in [-0.05, 0) is 19.3 Å². The van der Waals surface area contributed by atoms with Gasteiger partial charge in [0.15, 0.2) is 5.96 Å². The maximum absolute atomic E-state index is 5.73. The number of nitrogens with zero attached hydrogens (tertiary/aromatic N) is 2. The van der Waals surface area contributed by atoms with Crippen LogP contribution in [0.15, 0.2) is 4.99 Å². The fourth-order valence-corrected chi connectivity index (χ4v) is 1.74. The minimum atomic E-state index is 0.564. The number of methoxy groups -OCH3 is 1. The van der Waals surface area contributed by atoms with Crippen molar-refractivity contribution >= 4 is 5.96 Å². The molecule has 0 bridgehead atoms. The van der Waals surface area contributed by atoms with E-state index in [-0.39, 0.29) is 0 Å². The van der Waals surface area contributed by atoms with Crippen LogP contribution in [0.3, 0.4) is 0 Å². The van der Waals surface area contributed by atoms with E-state index in [1.165, 1.54) is 12.8 Å². The normalized spacial score (nSPS) is 16.5. The molecule has 0 unspecified atom stereocenters. The van der Waals surface area contributed by atoms with Crippen molar-refractivity contribution in [3.8, 4) is 0 Å². The average Bonchev–Trinajstić information content (AvgIpc) is 3.15. The largest absolute Gasteiger partial charge is 0.383 e. The summed E-state index contributed by atoms with van der Waals surface area (Å²) in [5.74, 6) is 0.564. The predicted molar refractivity (Wildman–Crippen MR) is 71.3 cm³/mol. The third-order valence-electron chi connectivity index (χ3n) is 2.86. The zero-order valence-corrected chi connectivity index (χ0v) is 11.1. The van der Waals surface area contributed by atoms with Gasteiger partial charge in [0.1, 0.15) is 0 Å². The van der Waals surface area contributed by atoms with E-state index in [4.69, 9.17) is 10.5 Å². The van der Waals surface area contributed by atoms with Crippen molar-refractivity contribution in [3.63, 3.8) is 0 Å². The number of nitrogens with two attached hydrogens (primary N) is 1. The predicted octanol–water partition coefficient (Wildman–Crippen LogP) is 0.412. The van der Waals surface area contributed by atoms with Gasteiger partial charge in [0.05, 0.1) is 6.61 Å². The van der Waals surface area contributed by atoms with E-state index in [1.807, 2.05) is 0 Å². The van der Waals surface area contributed by atoms with Crippen LogP contribution in [0.5, 0.6) is 0 Å². The van der Waals surface area contributed by atoms with Gasteiger partial charge in [0.2, 0.25) is 0 Å². The second-order valence-corrected chi connectivity index (χ2v) is 4.45. The quantitative estimate of drug-likeness (QED) is 0.454. The third kappa shape index (κ3) is 6.48. The first-order valence-electron chi connectivity index (χ1n) is 6.54. The molecule has 0 saturated heterocycles. The van der Waals surface area contributed by atoms with Crippen LogP contribution in [-0.2, 0) is 4.74 Å². The minimum absolute atomic E-state index is 0.564. The Morgan fingerprint density at radius 2 is 2.24 bits per heavy atom. The molecule has 0 atom stereocenters. The highest BCUT2D eigenvalue weighted by molar-refractivity contribution is 5.77. The number of hydrogen-bond acceptors (Lipinski definition) is 3. The van der Waals surface area contributed by atoms with E-state index in [0.29, 0.717) is 5.96 Å². The van der Waals surface area contributed by atoms with E-state index in [0.717, 1.165) is 45.2 Å². The van der Waals surface area contributed by atoms with Gasteiger partial charge in [-0.3, -0.25) is 9.89 Å². The molecule has 0 radical (unpaired) electrons. The van der Waals surface area contributed by atoms with Gasteiger partial charge in [-0.2, -0.15) is 0 Å². The molecule has 1 aliphatic carbocycles. The molecule has 17 heavy (non-hydrogen) atoms. The molecule has 5 nitrogen and oxygen atoms in total. The number of ether oxygens (including phenoxy) is 1. The molecule has 3 N–H and O–H groups in total. The van der Waals surface area contributed by atoms with E-state index in [2.05, 4.69) is 22.1 Å². The van der Waals surface area contributed by atoms with Gasteiger partial charge in [0.25, 0.3) is 0 Å². The lowest BCUT2D eigenvalue weighted by molar-refractivity contribution is 0.144. The molecule has 0 amide bonds. The van der Waals surface area contributed by atoms with E-state index in [9.17, 15) is 0 Å². The van der Waals surface area contributed by atoms with Crippen LogP contribution >= 0.6 is 0 Å². The molecule has 100 valence electrons. The van der Waals surface area contributed by atoms with Gasteiger partial charge in [-0.1, -0.05) is 6.92 Å². The summed E-state index contributed by atoms with van der Waals surface area (Å²) in [6, 6.07) is 0.765. The molecule has 1 rings (SSSR count). The molecule has 1 aliphatic rings. The first-order chi connectivity index (χ1) is 8.27. The van der Waals surface area contributed by atoms with Crippen molar-refractivity contribution in [2.45, 2.75) is 32.2 Å². The summed E-state index contributed by atoms with van der Waals surface area (Å²) in [6.45, 7) is 6.57. The number of guanidine groups is 1. The average molecular weight is 242 g/mol. The maximum Gasteiger partial charge on any atom is 0.188 e. The molecule has 0 aromatic carbocycles. The van der Waals surface area contributed by atoms with Gasteiger partial charge >= 0.3 is 0 Å². The Balaban J connectivity index is 2.13. The Kier molecular flexibility index (Phi) is 6.96. The summed E-state index contributed by atoms with van der Waals surface area (Å²) < 4.78 is 5.12. The molecule has 1 saturated carbocycles. The standard InChI is InChI=1S/C12H26N4O/c1-3-6-14-12(13)15-7-8-16(9-10-17-2)11-4-5-11/h11H,3-10H2,1-2H3,(H3,13,14,15). The number of rotatable bonds is 9. The second kappa shape index (κ2) is 8.31. The lowest BCUT2D eigenvalue weighted by Crippen LogP contribution is -2.40. The lowest BCUT2D eigenvalue weighted by Gasteiger charge is -2.21. The fraction of sp³-hybridized carbons (Fsp3) is 0.917. The summed E-state index contributed by atoms with van der Waals surface area (Å²) in [4.78, 5) is 6.66. The molecule has 0 aromatic rings. The molecule has 0 spiro atoms. The zero-order valence-electron chi connectivity index (χ0n) is 11.1.